The SMILES string of the molecule is NNC(=O)c1cc2ccccc2n1S(=O)(=O)c1ccccc1. The van der Waals surface area contributed by atoms with Gasteiger partial charge in [-0.3, -0.25) is 10.2 Å². The number of hydrogen-bond acceptors (Lipinski definition) is 4. The normalized spacial score (nSPS) is 11.5. The number of benzene rings is 2. The number of nitrogens with one attached hydrogen (secondary N) is 1. The van der Waals surface area contributed by atoms with E-state index in [1.807, 2.05) is 5.43 Å². The van der Waals surface area contributed by atoms with Gasteiger partial charge in [-0.25, -0.2) is 18.2 Å². The van der Waals surface area contributed by atoms with Gasteiger partial charge in [-0.1, -0.05) is 36.4 Å². The highest BCUT2D eigenvalue weighted by atomic mass is 32.2. The molecular weight excluding hydrogens is 302 g/mol. The topological polar surface area (TPSA) is 94.2 Å². The molecule has 0 aliphatic heterocycles. The summed E-state index contributed by atoms with van der Waals surface area (Å²) >= 11 is 0. The predicted molar refractivity (Wildman–Crippen MR) is 82.6 cm³/mol. The fourth-order valence-electron chi connectivity index (χ4n) is 2.32. The van der Waals surface area contributed by atoms with Gasteiger partial charge in [0.25, 0.3) is 15.9 Å². The number of nitrogen functional groups attached to an aromatic ring is 1. The summed E-state index contributed by atoms with van der Waals surface area (Å²) in [4.78, 5) is 12.1. The van der Waals surface area contributed by atoms with Crippen LogP contribution in [-0.4, -0.2) is 18.3 Å². The van der Waals surface area contributed by atoms with E-state index >= 15 is 0 Å². The fourth-order valence-corrected chi connectivity index (χ4v) is 3.85. The molecule has 112 valence electrons. The van der Waals surface area contributed by atoms with Gasteiger partial charge in [0, 0.05) is 5.39 Å². The van der Waals surface area contributed by atoms with Crippen molar-refractivity contribution in [1.82, 2.24) is 9.40 Å². The number of hydrazine groups is 1. The van der Waals surface area contributed by atoms with Gasteiger partial charge >= 0.3 is 0 Å². The first-order valence-corrected chi connectivity index (χ1v) is 7.92. The molecule has 1 heterocycles. The second-order valence-corrected chi connectivity index (χ2v) is 6.43. The van der Waals surface area contributed by atoms with Crippen LogP contribution in [0.15, 0.2) is 65.6 Å². The lowest BCUT2D eigenvalue weighted by Crippen LogP contribution is -2.33. The van der Waals surface area contributed by atoms with Crippen molar-refractivity contribution in [2.75, 3.05) is 0 Å². The van der Waals surface area contributed by atoms with Crippen LogP contribution in [0.5, 0.6) is 0 Å². The zero-order valence-electron chi connectivity index (χ0n) is 11.4. The molecule has 0 atom stereocenters. The first-order chi connectivity index (χ1) is 10.6. The first kappa shape index (κ1) is 14.3. The molecular formula is C15H13N3O3S. The third kappa shape index (κ3) is 2.16. The van der Waals surface area contributed by atoms with Crippen molar-refractivity contribution in [3.05, 3.63) is 66.4 Å². The molecule has 1 aromatic heterocycles. The van der Waals surface area contributed by atoms with E-state index < -0.39 is 15.9 Å². The molecule has 0 fully saturated rings. The molecule has 0 saturated carbocycles. The van der Waals surface area contributed by atoms with Crippen molar-refractivity contribution in [2.24, 2.45) is 5.84 Å². The van der Waals surface area contributed by atoms with Crippen molar-refractivity contribution < 1.29 is 13.2 Å². The van der Waals surface area contributed by atoms with Crippen molar-refractivity contribution >= 4 is 26.8 Å². The summed E-state index contributed by atoms with van der Waals surface area (Å²) in [6.07, 6.45) is 0. The summed E-state index contributed by atoms with van der Waals surface area (Å²) in [7, 11) is -3.91. The molecule has 6 nitrogen and oxygen atoms in total. The highest BCUT2D eigenvalue weighted by Gasteiger charge is 2.25. The molecule has 0 aliphatic rings. The number of nitrogens with zero attached hydrogens (tertiary/aromatic N) is 1. The average Bonchev–Trinajstić information content (AvgIpc) is 2.95. The van der Waals surface area contributed by atoms with Gasteiger partial charge < -0.3 is 0 Å². The molecule has 0 spiro atoms. The first-order valence-electron chi connectivity index (χ1n) is 6.48. The van der Waals surface area contributed by atoms with E-state index in [2.05, 4.69) is 0 Å². The van der Waals surface area contributed by atoms with Crippen LogP contribution >= 0.6 is 0 Å². The predicted octanol–water partition coefficient (Wildman–Crippen LogP) is 1.48. The maximum Gasteiger partial charge on any atom is 0.282 e. The maximum absolute atomic E-state index is 12.9. The lowest BCUT2D eigenvalue weighted by atomic mass is 10.2. The average molecular weight is 315 g/mol. The van der Waals surface area contributed by atoms with Crippen LogP contribution < -0.4 is 11.3 Å². The van der Waals surface area contributed by atoms with Crippen molar-refractivity contribution in [1.29, 1.82) is 0 Å². The second kappa shape index (κ2) is 5.28. The van der Waals surface area contributed by atoms with E-state index in [0.29, 0.717) is 10.9 Å². The minimum absolute atomic E-state index is 0.0347. The quantitative estimate of drug-likeness (QED) is 0.435. The molecule has 3 N–H and O–H groups in total. The standard InChI is InChI=1S/C15H13N3O3S/c16-17-15(19)14-10-11-6-4-5-9-13(11)18(14)22(20,21)12-7-2-1-3-8-12/h1-10H,16H2,(H,17,19). The van der Waals surface area contributed by atoms with Gasteiger partial charge in [0.15, 0.2) is 0 Å². The molecule has 0 saturated heterocycles. The van der Waals surface area contributed by atoms with Crippen LogP contribution in [0.1, 0.15) is 10.5 Å². The number of amides is 1. The number of rotatable bonds is 3. The summed E-state index contributed by atoms with van der Waals surface area (Å²) in [5, 5.41) is 0.639. The summed E-state index contributed by atoms with van der Waals surface area (Å²) < 4.78 is 26.8. The van der Waals surface area contributed by atoms with E-state index in [1.54, 1.807) is 42.5 Å². The van der Waals surface area contributed by atoms with Crippen LogP contribution in [0.25, 0.3) is 10.9 Å². The van der Waals surface area contributed by atoms with Crippen molar-refractivity contribution in [3.8, 4) is 0 Å². The Morgan fingerprint density at radius 1 is 1.00 bits per heavy atom. The summed E-state index contributed by atoms with van der Waals surface area (Å²) in [6.45, 7) is 0. The van der Waals surface area contributed by atoms with E-state index in [0.717, 1.165) is 3.97 Å². The highest BCUT2D eigenvalue weighted by Crippen LogP contribution is 2.25. The number of nitrogens with two attached hydrogens (primary N) is 1. The Hall–Kier alpha value is -2.64. The van der Waals surface area contributed by atoms with E-state index in [1.165, 1.54) is 18.2 Å². The fraction of sp³-hybridized carbons (Fsp3) is 0. The van der Waals surface area contributed by atoms with Crippen LogP contribution in [-0.2, 0) is 10.0 Å². The van der Waals surface area contributed by atoms with Gasteiger partial charge in [0.1, 0.15) is 5.69 Å². The van der Waals surface area contributed by atoms with E-state index in [-0.39, 0.29) is 10.6 Å². The Kier molecular flexibility index (Phi) is 3.44. The van der Waals surface area contributed by atoms with Gasteiger partial charge in [-0.15, -0.1) is 0 Å². The molecule has 2 aromatic carbocycles. The highest BCUT2D eigenvalue weighted by molar-refractivity contribution is 7.90. The molecule has 0 aliphatic carbocycles. The van der Waals surface area contributed by atoms with E-state index in [9.17, 15) is 13.2 Å². The molecule has 1 amide bonds. The van der Waals surface area contributed by atoms with Crippen LogP contribution in [0.3, 0.4) is 0 Å². The van der Waals surface area contributed by atoms with Crippen LogP contribution in [0.2, 0.25) is 0 Å². The van der Waals surface area contributed by atoms with Gasteiger partial charge in [-0.05, 0) is 24.3 Å². The molecule has 7 heteroatoms. The van der Waals surface area contributed by atoms with Gasteiger partial charge in [0.2, 0.25) is 0 Å². The Bertz CT molecular complexity index is 947. The zero-order valence-corrected chi connectivity index (χ0v) is 12.2. The summed E-state index contributed by atoms with van der Waals surface area (Å²) in [6, 6.07) is 16.3. The van der Waals surface area contributed by atoms with Gasteiger partial charge in [0.05, 0.1) is 10.4 Å². The zero-order chi connectivity index (χ0) is 15.7. The molecule has 0 radical (unpaired) electrons. The second-order valence-electron chi connectivity index (χ2n) is 4.64. The number of carbonyl (C=O) groups is 1. The summed E-state index contributed by atoms with van der Waals surface area (Å²) in [5.74, 6) is 4.50. The van der Waals surface area contributed by atoms with Crippen LogP contribution in [0, 0.1) is 0 Å². The minimum atomic E-state index is -3.91. The Morgan fingerprint density at radius 2 is 1.64 bits per heavy atom. The van der Waals surface area contributed by atoms with Crippen molar-refractivity contribution in [2.45, 2.75) is 4.90 Å². The number of carbonyl (C=O) groups excluding carboxylic acids is 1. The Morgan fingerprint density at radius 3 is 2.32 bits per heavy atom. The lowest BCUT2D eigenvalue weighted by Gasteiger charge is -2.11. The van der Waals surface area contributed by atoms with Crippen molar-refractivity contribution in [3.63, 3.8) is 0 Å². The summed E-state index contributed by atoms with van der Waals surface area (Å²) in [5.41, 5.74) is 2.37. The van der Waals surface area contributed by atoms with E-state index in [4.69, 9.17) is 5.84 Å². The Balaban J connectivity index is 2.36. The largest absolute Gasteiger partial charge is 0.289 e. The third-order valence-corrected chi connectivity index (χ3v) is 5.05. The number of fused-ring (bicyclic) bond motifs is 1. The molecule has 0 unspecified atom stereocenters. The maximum atomic E-state index is 12.9. The lowest BCUT2D eigenvalue weighted by molar-refractivity contribution is 0.0948. The minimum Gasteiger partial charge on any atom is -0.289 e. The number of aromatic nitrogens is 1. The smallest absolute Gasteiger partial charge is 0.282 e. The Labute approximate surface area is 127 Å². The molecule has 0 bridgehead atoms. The van der Waals surface area contributed by atoms with Gasteiger partial charge in [-0.2, -0.15) is 0 Å². The monoisotopic (exact) mass is 315 g/mol. The number of hydrogen-bond donors (Lipinski definition) is 2. The van der Waals surface area contributed by atoms with Crippen LogP contribution in [0.4, 0.5) is 0 Å². The number of para-hydroxylation sites is 1. The third-order valence-electron chi connectivity index (χ3n) is 3.31. The molecule has 3 aromatic rings. The molecule has 22 heavy (non-hydrogen) atoms. The molecule has 3 rings (SSSR count).